The van der Waals surface area contributed by atoms with Gasteiger partial charge in [-0.3, -0.25) is 0 Å². The predicted molar refractivity (Wildman–Crippen MR) is 81.6 cm³/mol. The van der Waals surface area contributed by atoms with E-state index in [0.717, 1.165) is 31.5 Å². The molecule has 108 valence electrons. The van der Waals surface area contributed by atoms with E-state index >= 15 is 0 Å². The molecule has 0 atom stereocenters. The Kier molecular flexibility index (Phi) is 4.61. The number of nitrogens with one attached hydrogen (secondary N) is 1. The molecule has 1 aliphatic rings. The van der Waals surface area contributed by atoms with Gasteiger partial charge in [-0.25, -0.2) is 4.79 Å². The second-order valence-electron chi connectivity index (χ2n) is 5.84. The van der Waals surface area contributed by atoms with Crippen molar-refractivity contribution in [2.75, 3.05) is 13.1 Å². The van der Waals surface area contributed by atoms with Gasteiger partial charge in [0.1, 0.15) is 5.60 Å². The highest BCUT2D eigenvalue weighted by Crippen LogP contribution is 2.29. The van der Waals surface area contributed by atoms with Gasteiger partial charge >= 0.3 is 5.97 Å². The zero-order chi connectivity index (χ0) is 14.6. The van der Waals surface area contributed by atoms with Crippen molar-refractivity contribution in [3.05, 3.63) is 42.0 Å². The summed E-state index contributed by atoms with van der Waals surface area (Å²) < 4.78 is 5.74. The monoisotopic (exact) mass is 273 g/mol. The summed E-state index contributed by atoms with van der Waals surface area (Å²) in [4.78, 5) is 12.2. The van der Waals surface area contributed by atoms with E-state index in [2.05, 4.69) is 11.9 Å². The number of hydrogen-bond acceptors (Lipinski definition) is 3. The van der Waals surface area contributed by atoms with Crippen molar-refractivity contribution in [3.8, 4) is 0 Å². The van der Waals surface area contributed by atoms with Crippen molar-refractivity contribution in [1.29, 1.82) is 0 Å². The highest BCUT2D eigenvalue weighted by molar-refractivity contribution is 5.89. The SMILES string of the molecule is C=Cc1ccc(C(=O)OC(C)(C)C2CCNCC2)cc1. The quantitative estimate of drug-likeness (QED) is 0.856. The van der Waals surface area contributed by atoms with E-state index in [0.29, 0.717) is 11.5 Å². The fourth-order valence-electron chi connectivity index (χ4n) is 2.65. The van der Waals surface area contributed by atoms with E-state index in [1.54, 1.807) is 18.2 Å². The fraction of sp³-hybridized carbons (Fsp3) is 0.471. The van der Waals surface area contributed by atoms with Crippen molar-refractivity contribution in [2.24, 2.45) is 5.92 Å². The molecule has 0 saturated carbocycles. The van der Waals surface area contributed by atoms with Crippen LogP contribution in [0.2, 0.25) is 0 Å². The average Bonchev–Trinajstić information content (AvgIpc) is 2.48. The summed E-state index contributed by atoms with van der Waals surface area (Å²) in [5, 5.41) is 3.33. The third kappa shape index (κ3) is 3.48. The Balaban J connectivity index is 2.03. The van der Waals surface area contributed by atoms with Gasteiger partial charge in [-0.05, 0) is 57.5 Å². The largest absolute Gasteiger partial charge is 0.456 e. The molecule has 0 bridgehead atoms. The van der Waals surface area contributed by atoms with Crippen molar-refractivity contribution in [3.63, 3.8) is 0 Å². The minimum atomic E-state index is -0.420. The topological polar surface area (TPSA) is 38.3 Å². The van der Waals surface area contributed by atoms with Gasteiger partial charge in [0, 0.05) is 5.92 Å². The maximum Gasteiger partial charge on any atom is 0.338 e. The molecule has 0 unspecified atom stereocenters. The summed E-state index contributed by atoms with van der Waals surface area (Å²) in [7, 11) is 0. The smallest absolute Gasteiger partial charge is 0.338 e. The molecule has 1 aromatic carbocycles. The second kappa shape index (κ2) is 6.23. The van der Waals surface area contributed by atoms with Crippen LogP contribution in [0.1, 0.15) is 42.6 Å². The van der Waals surface area contributed by atoms with Crippen LogP contribution in [0.5, 0.6) is 0 Å². The van der Waals surface area contributed by atoms with Gasteiger partial charge in [0.15, 0.2) is 0 Å². The molecule has 0 amide bonds. The molecule has 1 N–H and O–H groups in total. The van der Waals surface area contributed by atoms with Crippen molar-refractivity contribution < 1.29 is 9.53 Å². The molecule has 1 fully saturated rings. The van der Waals surface area contributed by atoms with Gasteiger partial charge in [0.25, 0.3) is 0 Å². The minimum Gasteiger partial charge on any atom is -0.456 e. The van der Waals surface area contributed by atoms with Gasteiger partial charge in [0.05, 0.1) is 5.56 Å². The number of ether oxygens (including phenoxy) is 1. The second-order valence-corrected chi connectivity index (χ2v) is 5.84. The van der Waals surface area contributed by atoms with Crippen LogP contribution in [0.25, 0.3) is 6.08 Å². The van der Waals surface area contributed by atoms with Crippen LogP contribution < -0.4 is 5.32 Å². The number of piperidine rings is 1. The normalized spacial score (nSPS) is 16.7. The Morgan fingerprint density at radius 3 is 2.45 bits per heavy atom. The zero-order valence-corrected chi connectivity index (χ0v) is 12.3. The van der Waals surface area contributed by atoms with Crippen LogP contribution in [0.15, 0.2) is 30.8 Å². The van der Waals surface area contributed by atoms with Crippen molar-refractivity contribution in [2.45, 2.75) is 32.3 Å². The zero-order valence-electron chi connectivity index (χ0n) is 12.3. The van der Waals surface area contributed by atoms with E-state index in [1.807, 2.05) is 26.0 Å². The number of benzene rings is 1. The maximum absolute atomic E-state index is 12.2. The minimum absolute atomic E-state index is 0.246. The lowest BCUT2D eigenvalue weighted by atomic mass is 9.83. The first-order valence-corrected chi connectivity index (χ1v) is 7.19. The lowest BCUT2D eigenvalue weighted by Gasteiger charge is -2.36. The Hall–Kier alpha value is -1.61. The molecule has 0 spiro atoms. The molecule has 0 aromatic heterocycles. The molecule has 1 aliphatic heterocycles. The molecular formula is C17H23NO2. The molecule has 0 aliphatic carbocycles. The van der Waals surface area contributed by atoms with Crippen LogP contribution >= 0.6 is 0 Å². The molecule has 1 aromatic rings. The summed E-state index contributed by atoms with van der Waals surface area (Å²) in [5.74, 6) is 0.171. The number of rotatable bonds is 4. The van der Waals surface area contributed by atoms with E-state index in [9.17, 15) is 4.79 Å². The van der Waals surface area contributed by atoms with Crippen LogP contribution in [0, 0.1) is 5.92 Å². The van der Waals surface area contributed by atoms with Crippen LogP contribution in [0.3, 0.4) is 0 Å². The fourth-order valence-corrected chi connectivity index (χ4v) is 2.65. The van der Waals surface area contributed by atoms with Crippen LogP contribution in [-0.2, 0) is 4.74 Å². The summed E-state index contributed by atoms with van der Waals surface area (Å²) in [5.41, 5.74) is 1.17. The summed E-state index contributed by atoms with van der Waals surface area (Å²) >= 11 is 0. The Bertz CT molecular complexity index is 470. The molecular weight excluding hydrogens is 250 g/mol. The molecule has 0 radical (unpaired) electrons. The van der Waals surface area contributed by atoms with Crippen molar-refractivity contribution >= 4 is 12.0 Å². The van der Waals surface area contributed by atoms with Gasteiger partial charge in [0.2, 0.25) is 0 Å². The number of carbonyl (C=O) groups is 1. The molecule has 2 rings (SSSR count). The maximum atomic E-state index is 12.2. The first-order valence-electron chi connectivity index (χ1n) is 7.19. The van der Waals surface area contributed by atoms with Crippen LogP contribution in [0.4, 0.5) is 0 Å². The van der Waals surface area contributed by atoms with E-state index < -0.39 is 5.60 Å². The van der Waals surface area contributed by atoms with Gasteiger partial charge in [-0.2, -0.15) is 0 Å². The van der Waals surface area contributed by atoms with Crippen molar-refractivity contribution in [1.82, 2.24) is 5.32 Å². The lowest BCUT2D eigenvalue weighted by Crippen LogP contribution is -2.42. The summed E-state index contributed by atoms with van der Waals surface area (Å²) in [6.07, 6.45) is 3.86. The summed E-state index contributed by atoms with van der Waals surface area (Å²) in [6, 6.07) is 7.33. The predicted octanol–water partition coefficient (Wildman–Crippen LogP) is 3.26. The Morgan fingerprint density at radius 1 is 1.30 bits per heavy atom. The standard InChI is InChI=1S/C17H23NO2/c1-4-13-5-7-14(8-6-13)16(19)20-17(2,3)15-9-11-18-12-10-15/h4-8,15,18H,1,9-12H2,2-3H3. The first-order chi connectivity index (χ1) is 9.53. The third-order valence-corrected chi connectivity index (χ3v) is 4.06. The molecule has 1 saturated heterocycles. The molecule has 3 nitrogen and oxygen atoms in total. The van der Waals surface area contributed by atoms with E-state index in [-0.39, 0.29) is 5.97 Å². The van der Waals surface area contributed by atoms with E-state index in [4.69, 9.17) is 4.74 Å². The average molecular weight is 273 g/mol. The lowest BCUT2D eigenvalue weighted by molar-refractivity contribution is -0.0368. The van der Waals surface area contributed by atoms with Gasteiger partial charge in [-0.15, -0.1) is 0 Å². The number of hydrogen-bond donors (Lipinski definition) is 1. The first kappa shape index (κ1) is 14.8. The number of esters is 1. The molecule has 1 heterocycles. The Labute approximate surface area is 121 Å². The molecule has 20 heavy (non-hydrogen) atoms. The van der Waals surface area contributed by atoms with Gasteiger partial charge < -0.3 is 10.1 Å². The third-order valence-electron chi connectivity index (χ3n) is 4.06. The highest BCUT2D eigenvalue weighted by atomic mass is 16.6. The number of carbonyl (C=O) groups excluding carboxylic acids is 1. The Morgan fingerprint density at radius 2 is 1.90 bits per heavy atom. The highest BCUT2D eigenvalue weighted by Gasteiger charge is 2.34. The van der Waals surface area contributed by atoms with Gasteiger partial charge in [-0.1, -0.05) is 24.8 Å². The van der Waals surface area contributed by atoms with E-state index in [1.165, 1.54) is 0 Å². The summed E-state index contributed by atoms with van der Waals surface area (Å²) in [6.45, 7) is 9.73. The molecule has 3 heteroatoms. The van der Waals surface area contributed by atoms with Crippen LogP contribution in [-0.4, -0.2) is 24.7 Å².